The minimum absolute atomic E-state index is 0.0371. The molecule has 1 aliphatic heterocycles. The molecule has 1 amide bonds. The molecule has 0 saturated carbocycles. The van der Waals surface area contributed by atoms with Gasteiger partial charge in [0, 0.05) is 24.6 Å². The number of hydrogen-bond donors (Lipinski definition) is 0. The van der Waals surface area contributed by atoms with E-state index in [1.807, 2.05) is 53.6 Å². The molecular formula is C18H19NO2S. The molecule has 0 N–H and O–H groups in total. The number of benzene rings is 1. The maximum atomic E-state index is 12.5. The molecule has 114 valence electrons. The summed E-state index contributed by atoms with van der Waals surface area (Å²) in [5, 5.41) is 1.92. The first kappa shape index (κ1) is 15.0. The summed E-state index contributed by atoms with van der Waals surface area (Å²) in [6, 6.07) is 11.5. The van der Waals surface area contributed by atoms with Crippen molar-refractivity contribution in [1.82, 2.24) is 4.90 Å². The average molecular weight is 313 g/mol. The van der Waals surface area contributed by atoms with Gasteiger partial charge in [-0.1, -0.05) is 35.9 Å². The Bertz CT molecular complexity index is 653. The number of carbonyl (C=O) groups is 2. The monoisotopic (exact) mass is 313 g/mol. The van der Waals surface area contributed by atoms with Gasteiger partial charge in [-0.15, -0.1) is 11.3 Å². The van der Waals surface area contributed by atoms with Crippen LogP contribution in [0.4, 0.5) is 0 Å². The standard InChI is InChI=1S/C18H19NO2S/c1-13-4-6-14(7-5-13)17(20)15-8-10-19(11-9-15)18(21)16-3-2-12-22-16/h2-7,12,15H,8-11H2,1H3. The van der Waals surface area contributed by atoms with Crippen LogP contribution in [0.25, 0.3) is 0 Å². The second-order valence-corrected chi connectivity index (χ2v) is 6.72. The molecule has 0 spiro atoms. The number of thiophene rings is 1. The van der Waals surface area contributed by atoms with Gasteiger partial charge in [0.1, 0.15) is 0 Å². The van der Waals surface area contributed by atoms with Crippen LogP contribution in [0.1, 0.15) is 38.4 Å². The molecule has 1 aromatic carbocycles. The van der Waals surface area contributed by atoms with Gasteiger partial charge in [-0.3, -0.25) is 9.59 Å². The first-order valence-corrected chi connectivity index (χ1v) is 8.47. The molecule has 0 aliphatic carbocycles. The highest BCUT2D eigenvalue weighted by molar-refractivity contribution is 7.12. The van der Waals surface area contributed by atoms with Crippen LogP contribution in [0.3, 0.4) is 0 Å². The summed E-state index contributed by atoms with van der Waals surface area (Å²) in [6.07, 6.45) is 1.51. The normalized spacial score (nSPS) is 15.8. The van der Waals surface area contributed by atoms with Crippen molar-refractivity contribution in [2.75, 3.05) is 13.1 Å². The van der Waals surface area contributed by atoms with E-state index in [0.29, 0.717) is 13.1 Å². The molecule has 3 nitrogen and oxygen atoms in total. The van der Waals surface area contributed by atoms with Gasteiger partial charge in [-0.25, -0.2) is 0 Å². The molecule has 0 bridgehead atoms. The average Bonchev–Trinajstić information content (AvgIpc) is 3.09. The quantitative estimate of drug-likeness (QED) is 0.808. The maximum Gasteiger partial charge on any atom is 0.263 e. The fourth-order valence-electron chi connectivity index (χ4n) is 2.85. The number of rotatable bonds is 3. The molecule has 0 atom stereocenters. The largest absolute Gasteiger partial charge is 0.338 e. The molecule has 2 heterocycles. The van der Waals surface area contributed by atoms with Crippen LogP contribution in [0.2, 0.25) is 0 Å². The van der Waals surface area contributed by atoms with Gasteiger partial charge in [0.15, 0.2) is 5.78 Å². The van der Waals surface area contributed by atoms with Crippen LogP contribution >= 0.6 is 11.3 Å². The smallest absolute Gasteiger partial charge is 0.263 e. The number of carbonyl (C=O) groups excluding carboxylic acids is 2. The molecule has 1 fully saturated rings. The minimum atomic E-state index is 0.0371. The lowest BCUT2D eigenvalue weighted by Gasteiger charge is -2.31. The second-order valence-electron chi connectivity index (χ2n) is 5.77. The molecular weight excluding hydrogens is 294 g/mol. The summed E-state index contributed by atoms with van der Waals surface area (Å²) in [7, 11) is 0. The second kappa shape index (κ2) is 6.44. The highest BCUT2D eigenvalue weighted by Gasteiger charge is 2.28. The van der Waals surface area contributed by atoms with Gasteiger partial charge < -0.3 is 4.90 Å². The van der Waals surface area contributed by atoms with Crippen LogP contribution < -0.4 is 0 Å². The predicted molar refractivity (Wildman–Crippen MR) is 88.5 cm³/mol. The zero-order chi connectivity index (χ0) is 15.5. The predicted octanol–water partition coefficient (Wildman–Crippen LogP) is 3.79. The zero-order valence-corrected chi connectivity index (χ0v) is 13.4. The van der Waals surface area contributed by atoms with E-state index >= 15 is 0 Å². The molecule has 22 heavy (non-hydrogen) atoms. The number of ketones is 1. The lowest BCUT2D eigenvalue weighted by Crippen LogP contribution is -2.40. The molecule has 2 aromatic rings. The van der Waals surface area contributed by atoms with Gasteiger partial charge >= 0.3 is 0 Å². The molecule has 1 aliphatic rings. The highest BCUT2D eigenvalue weighted by atomic mass is 32.1. The van der Waals surface area contributed by atoms with E-state index in [9.17, 15) is 9.59 Å². The number of Topliss-reactive ketones (excluding diaryl/α,β-unsaturated/α-hetero) is 1. The van der Waals surface area contributed by atoms with Crippen molar-refractivity contribution < 1.29 is 9.59 Å². The molecule has 1 aromatic heterocycles. The minimum Gasteiger partial charge on any atom is -0.338 e. The van der Waals surface area contributed by atoms with E-state index in [2.05, 4.69) is 0 Å². The van der Waals surface area contributed by atoms with Crippen LogP contribution in [0.5, 0.6) is 0 Å². The van der Waals surface area contributed by atoms with Crippen LogP contribution in [-0.4, -0.2) is 29.7 Å². The fraction of sp³-hybridized carbons (Fsp3) is 0.333. The van der Waals surface area contributed by atoms with Crippen molar-refractivity contribution in [3.8, 4) is 0 Å². The van der Waals surface area contributed by atoms with Crippen molar-refractivity contribution in [2.24, 2.45) is 5.92 Å². The van der Waals surface area contributed by atoms with E-state index in [4.69, 9.17) is 0 Å². The lowest BCUT2D eigenvalue weighted by molar-refractivity contribution is 0.0654. The first-order chi connectivity index (χ1) is 10.6. The summed E-state index contributed by atoms with van der Waals surface area (Å²) in [4.78, 5) is 27.5. The summed E-state index contributed by atoms with van der Waals surface area (Å²) in [5.74, 6) is 0.342. The third-order valence-electron chi connectivity index (χ3n) is 4.22. The van der Waals surface area contributed by atoms with Gasteiger partial charge in [0.25, 0.3) is 5.91 Å². The summed E-state index contributed by atoms with van der Waals surface area (Å²) in [5.41, 5.74) is 1.95. The number of aryl methyl sites for hydroxylation is 1. The van der Waals surface area contributed by atoms with Crippen molar-refractivity contribution in [1.29, 1.82) is 0 Å². The SMILES string of the molecule is Cc1ccc(C(=O)C2CCN(C(=O)c3cccs3)CC2)cc1. The molecule has 4 heteroatoms. The van der Waals surface area contributed by atoms with Crippen LogP contribution in [-0.2, 0) is 0 Å². The Morgan fingerprint density at radius 2 is 1.77 bits per heavy atom. The molecule has 0 radical (unpaired) electrons. The topological polar surface area (TPSA) is 37.4 Å². The van der Waals surface area contributed by atoms with Gasteiger partial charge in [-0.2, -0.15) is 0 Å². The summed E-state index contributed by atoms with van der Waals surface area (Å²) < 4.78 is 0. The number of likely N-dealkylation sites (tertiary alicyclic amines) is 1. The van der Waals surface area contributed by atoms with Crippen molar-refractivity contribution >= 4 is 23.0 Å². The fourth-order valence-corrected chi connectivity index (χ4v) is 3.55. The zero-order valence-electron chi connectivity index (χ0n) is 12.6. The number of hydrogen-bond acceptors (Lipinski definition) is 3. The van der Waals surface area contributed by atoms with E-state index in [-0.39, 0.29) is 17.6 Å². The third kappa shape index (κ3) is 3.12. The lowest BCUT2D eigenvalue weighted by atomic mass is 9.88. The van der Waals surface area contributed by atoms with Gasteiger partial charge in [0.2, 0.25) is 0 Å². The molecule has 0 unspecified atom stereocenters. The Labute approximate surface area is 134 Å². The summed E-state index contributed by atoms with van der Waals surface area (Å²) in [6.45, 7) is 3.35. The Morgan fingerprint density at radius 3 is 2.36 bits per heavy atom. The first-order valence-electron chi connectivity index (χ1n) is 7.59. The Kier molecular flexibility index (Phi) is 4.39. The molecule has 3 rings (SSSR count). The van der Waals surface area contributed by atoms with Gasteiger partial charge in [-0.05, 0) is 31.2 Å². The van der Waals surface area contributed by atoms with Crippen LogP contribution in [0, 0.1) is 12.8 Å². The van der Waals surface area contributed by atoms with Gasteiger partial charge in [0.05, 0.1) is 4.88 Å². The van der Waals surface area contributed by atoms with E-state index in [1.54, 1.807) is 0 Å². The van der Waals surface area contributed by atoms with Crippen molar-refractivity contribution in [3.63, 3.8) is 0 Å². The number of amides is 1. The Balaban J connectivity index is 1.60. The van der Waals surface area contributed by atoms with Crippen LogP contribution in [0.15, 0.2) is 41.8 Å². The van der Waals surface area contributed by atoms with Crippen molar-refractivity contribution in [3.05, 3.63) is 57.8 Å². The molecule has 1 saturated heterocycles. The van der Waals surface area contributed by atoms with Crippen molar-refractivity contribution in [2.45, 2.75) is 19.8 Å². The Morgan fingerprint density at radius 1 is 1.09 bits per heavy atom. The van der Waals surface area contributed by atoms with E-state index in [1.165, 1.54) is 11.3 Å². The Hall–Kier alpha value is -1.94. The number of piperidine rings is 1. The maximum absolute atomic E-state index is 12.5. The van der Waals surface area contributed by atoms with E-state index in [0.717, 1.165) is 28.8 Å². The highest BCUT2D eigenvalue weighted by Crippen LogP contribution is 2.24. The number of nitrogens with zero attached hydrogens (tertiary/aromatic N) is 1. The summed E-state index contributed by atoms with van der Waals surface area (Å²) >= 11 is 1.47. The van der Waals surface area contributed by atoms with E-state index < -0.39 is 0 Å². The third-order valence-corrected chi connectivity index (χ3v) is 5.08.